The van der Waals surface area contributed by atoms with E-state index in [1.54, 1.807) is 12.3 Å². The Morgan fingerprint density at radius 2 is 2.08 bits per heavy atom. The molecule has 0 fully saturated rings. The number of thiazole rings is 1. The van der Waals surface area contributed by atoms with E-state index < -0.39 is 24.4 Å². The molecule has 1 N–H and O–H groups in total. The summed E-state index contributed by atoms with van der Waals surface area (Å²) in [5, 5.41) is 32.5. The zero-order valence-corrected chi connectivity index (χ0v) is 14.9. The number of fused-ring (bicyclic) bond motifs is 1. The maximum absolute atomic E-state index is 11.4. The highest BCUT2D eigenvalue weighted by molar-refractivity contribution is 7.73. The van der Waals surface area contributed by atoms with Crippen LogP contribution in [0.4, 0.5) is 5.69 Å². The maximum Gasteiger partial charge on any atom is 0.211 e. The lowest BCUT2D eigenvalue weighted by molar-refractivity contribution is -0.312. The molecule has 0 saturated heterocycles. The monoisotopic (exact) mass is 388 g/mol. The van der Waals surface area contributed by atoms with Gasteiger partial charge in [0.1, 0.15) is 0 Å². The van der Waals surface area contributed by atoms with E-state index in [2.05, 4.69) is 4.99 Å². The van der Waals surface area contributed by atoms with Crippen LogP contribution in [0.2, 0.25) is 0 Å². The summed E-state index contributed by atoms with van der Waals surface area (Å²) in [5.74, 6) is -3.26. The molecule has 2 aromatic rings. The average molecular weight is 388 g/mol. The second kappa shape index (κ2) is 7.22. The van der Waals surface area contributed by atoms with Crippen LogP contribution in [-0.4, -0.2) is 27.8 Å². The predicted octanol–water partition coefficient (Wildman–Crippen LogP) is 1.06. The first-order valence-corrected chi connectivity index (χ1v) is 8.81. The molecule has 0 aliphatic carbocycles. The molecule has 2 heterocycles. The van der Waals surface area contributed by atoms with E-state index >= 15 is 0 Å². The lowest BCUT2D eigenvalue weighted by Crippen LogP contribution is -2.34. The van der Waals surface area contributed by atoms with Crippen molar-refractivity contribution in [3.8, 4) is 5.88 Å². The highest BCUT2D eigenvalue weighted by atomic mass is 32.1. The molecule has 7 nitrogen and oxygen atoms in total. The number of aliphatic imine (C=N–C) groups is 1. The lowest BCUT2D eigenvalue weighted by Gasteiger charge is -2.20. The fraction of sp³-hybridized carbons (Fsp3) is 0.176. The molecule has 0 radical (unpaired) electrons. The molecule has 1 atom stereocenters. The number of carbonyl (C=O) groups is 2. The number of carboxylic acids is 2. The summed E-state index contributed by atoms with van der Waals surface area (Å²) >= 11 is 6.18. The molecular weight excluding hydrogens is 376 g/mol. The van der Waals surface area contributed by atoms with E-state index in [1.807, 2.05) is 24.3 Å². The van der Waals surface area contributed by atoms with Gasteiger partial charge in [-0.2, -0.15) is 0 Å². The number of aromatic hydroxyl groups is 1. The maximum atomic E-state index is 11.4. The minimum atomic E-state index is -1.53. The van der Waals surface area contributed by atoms with E-state index in [9.17, 15) is 24.9 Å². The first-order valence-electron chi connectivity index (χ1n) is 7.58. The zero-order chi connectivity index (χ0) is 18.8. The van der Waals surface area contributed by atoms with Crippen LogP contribution < -0.4 is 10.2 Å². The minimum absolute atomic E-state index is 0.102. The standard InChI is InChI=1S/C17H14N2O5S2/c20-14(21)6-5-12(16(23)24)19-15(22)13(26-17(19)25)7-9-8-18-11-4-2-1-3-10(9)11/h1-4,7-8,12,22H,5-6H2,(H,20,21)(H,23,24)/p-2/b9-7+/t12-/m1/s1. The molecule has 3 rings (SSSR count). The number of hydrogen-bond acceptors (Lipinski definition) is 8. The van der Waals surface area contributed by atoms with E-state index in [-0.39, 0.29) is 16.3 Å². The Balaban J connectivity index is 2.00. The van der Waals surface area contributed by atoms with Crippen molar-refractivity contribution < 1.29 is 24.9 Å². The van der Waals surface area contributed by atoms with E-state index in [1.165, 1.54) is 0 Å². The molecule has 134 valence electrons. The Morgan fingerprint density at radius 1 is 1.35 bits per heavy atom. The number of hydrogen-bond donors (Lipinski definition) is 1. The van der Waals surface area contributed by atoms with Crippen molar-refractivity contribution in [2.45, 2.75) is 18.9 Å². The van der Waals surface area contributed by atoms with Crippen LogP contribution in [-0.2, 0) is 9.59 Å². The van der Waals surface area contributed by atoms with E-state index in [0.29, 0.717) is 4.88 Å². The zero-order valence-electron chi connectivity index (χ0n) is 13.2. The largest absolute Gasteiger partial charge is 0.550 e. The summed E-state index contributed by atoms with van der Waals surface area (Å²) in [6, 6.07) is 6.06. The van der Waals surface area contributed by atoms with E-state index in [0.717, 1.165) is 32.7 Å². The molecule has 1 aromatic carbocycles. The molecule has 0 amide bonds. The van der Waals surface area contributed by atoms with Gasteiger partial charge in [0.2, 0.25) is 5.88 Å². The molecule has 1 aliphatic heterocycles. The van der Waals surface area contributed by atoms with Crippen molar-refractivity contribution in [1.29, 1.82) is 0 Å². The number of nitrogens with zero attached hydrogens (tertiary/aromatic N) is 2. The summed E-state index contributed by atoms with van der Waals surface area (Å²) in [6.45, 7) is 0. The van der Waals surface area contributed by atoms with Crippen LogP contribution in [0.5, 0.6) is 5.88 Å². The number of para-hydroxylation sites is 1. The van der Waals surface area contributed by atoms with Gasteiger partial charge in [-0.1, -0.05) is 18.2 Å². The van der Waals surface area contributed by atoms with Gasteiger partial charge in [0.25, 0.3) is 0 Å². The third kappa shape index (κ3) is 3.44. The number of aromatic nitrogens is 1. The van der Waals surface area contributed by atoms with Crippen LogP contribution in [0.25, 0.3) is 11.6 Å². The van der Waals surface area contributed by atoms with Gasteiger partial charge in [0, 0.05) is 23.3 Å². The topological polar surface area (TPSA) is 118 Å². The molecule has 1 aliphatic rings. The summed E-state index contributed by atoms with van der Waals surface area (Å²) in [7, 11) is 0. The smallest absolute Gasteiger partial charge is 0.211 e. The summed E-state index contributed by atoms with van der Waals surface area (Å²) in [4.78, 5) is 26.7. The molecular formula is C17H12N2O5S2-2. The number of allylic oxidation sites excluding steroid dienone is 1. The van der Waals surface area contributed by atoms with Gasteiger partial charge >= 0.3 is 0 Å². The van der Waals surface area contributed by atoms with Crippen molar-refractivity contribution in [2.24, 2.45) is 4.99 Å². The summed E-state index contributed by atoms with van der Waals surface area (Å²) in [5.41, 5.74) is 2.42. The van der Waals surface area contributed by atoms with Crippen molar-refractivity contribution in [1.82, 2.24) is 4.57 Å². The Morgan fingerprint density at radius 3 is 2.77 bits per heavy atom. The molecule has 1 aromatic heterocycles. The number of aliphatic carboxylic acids is 2. The van der Waals surface area contributed by atoms with Crippen molar-refractivity contribution in [3.63, 3.8) is 0 Å². The lowest BCUT2D eigenvalue weighted by atomic mass is 10.1. The second-order valence-electron chi connectivity index (χ2n) is 5.55. The first kappa shape index (κ1) is 18.0. The summed E-state index contributed by atoms with van der Waals surface area (Å²) < 4.78 is 1.10. The van der Waals surface area contributed by atoms with Crippen LogP contribution >= 0.6 is 23.6 Å². The number of carbonyl (C=O) groups excluding carboxylic acids is 2. The summed E-state index contributed by atoms with van der Waals surface area (Å²) in [6.07, 6.45) is 2.51. The van der Waals surface area contributed by atoms with Gasteiger partial charge in [-0.25, -0.2) is 0 Å². The van der Waals surface area contributed by atoms with Gasteiger partial charge in [-0.3, -0.25) is 9.56 Å². The Kier molecular flexibility index (Phi) is 5.01. The number of carboxylic acid groups (broad SMARTS) is 2. The Labute approximate surface area is 157 Å². The van der Waals surface area contributed by atoms with Gasteiger partial charge in [-0.15, -0.1) is 11.3 Å². The fourth-order valence-corrected chi connectivity index (χ4v) is 4.02. The van der Waals surface area contributed by atoms with Gasteiger partial charge in [-0.05, 0) is 37.2 Å². The quantitative estimate of drug-likeness (QED) is 0.740. The van der Waals surface area contributed by atoms with Gasteiger partial charge in [0.15, 0.2) is 3.95 Å². The third-order valence-electron chi connectivity index (χ3n) is 3.89. The number of rotatable bonds is 6. The van der Waals surface area contributed by atoms with Crippen LogP contribution in [0.3, 0.4) is 0 Å². The van der Waals surface area contributed by atoms with Crippen LogP contribution in [0.1, 0.15) is 29.3 Å². The van der Waals surface area contributed by atoms with Crippen LogP contribution in [0.15, 0.2) is 29.3 Å². The number of benzene rings is 1. The Hall–Kier alpha value is -2.78. The molecule has 0 spiro atoms. The third-order valence-corrected chi connectivity index (χ3v) is 5.23. The fourth-order valence-electron chi connectivity index (χ4n) is 2.67. The van der Waals surface area contributed by atoms with Gasteiger partial charge < -0.3 is 24.9 Å². The molecule has 0 unspecified atom stereocenters. The molecule has 0 bridgehead atoms. The SMILES string of the molecule is O=C([O-])CC[C@H](C(=O)[O-])n1c(O)c(/C=C2\C=Nc3ccccc32)sc1=S. The van der Waals surface area contributed by atoms with Crippen molar-refractivity contribution >= 4 is 59.0 Å². The second-order valence-corrected chi connectivity index (χ2v) is 7.22. The van der Waals surface area contributed by atoms with E-state index in [4.69, 9.17) is 12.2 Å². The molecule has 0 saturated carbocycles. The average Bonchev–Trinajstić information content (AvgIpc) is 3.11. The minimum Gasteiger partial charge on any atom is -0.550 e. The predicted molar refractivity (Wildman–Crippen MR) is 95.6 cm³/mol. The highest BCUT2D eigenvalue weighted by Crippen LogP contribution is 2.37. The van der Waals surface area contributed by atoms with Crippen molar-refractivity contribution in [2.75, 3.05) is 0 Å². The van der Waals surface area contributed by atoms with Gasteiger partial charge in [0.05, 0.1) is 22.6 Å². The van der Waals surface area contributed by atoms with Crippen molar-refractivity contribution in [3.05, 3.63) is 38.7 Å². The highest BCUT2D eigenvalue weighted by Gasteiger charge is 2.21. The van der Waals surface area contributed by atoms with Crippen LogP contribution in [0, 0.1) is 3.95 Å². The first-order chi connectivity index (χ1) is 12.4. The Bertz CT molecular complexity index is 1000. The molecule has 9 heteroatoms. The normalized spacial score (nSPS) is 15.2. The molecule has 26 heavy (non-hydrogen) atoms.